The van der Waals surface area contributed by atoms with Gasteiger partial charge in [-0.15, -0.1) is 0 Å². The van der Waals surface area contributed by atoms with Crippen molar-refractivity contribution in [1.29, 1.82) is 0 Å². The van der Waals surface area contributed by atoms with Crippen LogP contribution >= 0.6 is 0 Å². The Labute approximate surface area is 145 Å². The van der Waals surface area contributed by atoms with Gasteiger partial charge < -0.3 is 10.1 Å². The Morgan fingerprint density at radius 3 is 2.44 bits per heavy atom. The minimum atomic E-state index is -1.13. The second-order valence-corrected chi connectivity index (χ2v) is 6.28. The summed E-state index contributed by atoms with van der Waals surface area (Å²) in [5.41, 5.74) is 1.15. The standard InChI is InChI=1S/C19H19FN2O3/c1-12-4-7-14(8-5-12)19(2)17(23)22(18(24)21-19)11-13-6-9-16(25-3)15(20)10-13/h4-10H,11H2,1-3H3,(H,21,24)/t19-/m0/s1. The molecule has 5 nitrogen and oxygen atoms in total. The quantitative estimate of drug-likeness (QED) is 0.869. The fraction of sp³-hybridized carbons (Fsp3) is 0.263. The fourth-order valence-electron chi connectivity index (χ4n) is 2.91. The minimum absolute atomic E-state index is 0.00691. The van der Waals surface area contributed by atoms with Crippen LogP contribution in [-0.4, -0.2) is 23.9 Å². The molecule has 25 heavy (non-hydrogen) atoms. The number of carbonyl (C=O) groups is 2. The summed E-state index contributed by atoms with van der Waals surface area (Å²) in [7, 11) is 1.38. The first-order chi connectivity index (χ1) is 11.8. The number of amides is 3. The van der Waals surface area contributed by atoms with E-state index in [0.29, 0.717) is 11.1 Å². The summed E-state index contributed by atoms with van der Waals surface area (Å²) < 4.78 is 18.7. The third-order valence-corrected chi connectivity index (χ3v) is 4.46. The Morgan fingerprint density at radius 2 is 1.84 bits per heavy atom. The second-order valence-electron chi connectivity index (χ2n) is 6.28. The van der Waals surface area contributed by atoms with Crippen LogP contribution in [0.4, 0.5) is 9.18 Å². The van der Waals surface area contributed by atoms with Crippen molar-refractivity contribution >= 4 is 11.9 Å². The highest BCUT2D eigenvalue weighted by Crippen LogP contribution is 2.30. The van der Waals surface area contributed by atoms with Crippen LogP contribution in [0.3, 0.4) is 0 Å². The summed E-state index contributed by atoms with van der Waals surface area (Å²) in [5.74, 6) is -0.781. The van der Waals surface area contributed by atoms with Gasteiger partial charge in [-0.25, -0.2) is 9.18 Å². The number of halogens is 1. The third-order valence-electron chi connectivity index (χ3n) is 4.46. The molecule has 0 unspecified atom stereocenters. The van der Waals surface area contributed by atoms with E-state index in [1.807, 2.05) is 31.2 Å². The van der Waals surface area contributed by atoms with Gasteiger partial charge in [0.15, 0.2) is 11.6 Å². The first-order valence-electron chi connectivity index (χ1n) is 7.89. The largest absolute Gasteiger partial charge is 0.494 e. The smallest absolute Gasteiger partial charge is 0.325 e. The average Bonchev–Trinajstić information content (AvgIpc) is 2.80. The monoisotopic (exact) mass is 342 g/mol. The Kier molecular flexibility index (Phi) is 4.20. The molecule has 0 saturated carbocycles. The molecular formula is C19H19FN2O3. The number of ether oxygens (including phenoxy) is 1. The number of nitrogens with one attached hydrogen (secondary N) is 1. The van der Waals surface area contributed by atoms with Crippen LogP contribution in [0.25, 0.3) is 0 Å². The molecule has 2 aromatic rings. The van der Waals surface area contributed by atoms with E-state index in [1.54, 1.807) is 13.0 Å². The molecule has 1 N–H and O–H groups in total. The molecule has 1 saturated heterocycles. The van der Waals surface area contributed by atoms with Crippen LogP contribution < -0.4 is 10.1 Å². The van der Waals surface area contributed by atoms with E-state index in [9.17, 15) is 14.0 Å². The lowest BCUT2D eigenvalue weighted by atomic mass is 9.91. The zero-order valence-corrected chi connectivity index (χ0v) is 14.3. The van der Waals surface area contributed by atoms with Gasteiger partial charge in [0, 0.05) is 0 Å². The first kappa shape index (κ1) is 17.0. The molecular weight excluding hydrogens is 323 g/mol. The number of benzene rings is 2. The van der Waals surface area contributed by atoms with E-state index in [1.165, 1.54) is 19.2 Å². The zero-order chi connectivity index (χ0) is 18.2. The molecule has 0 bridgehead atoms. The van der Waals surface area contributed by atoms with Crippen molar-refractivity contribution in [2.24, 2.45) is 0 Å². The molecule has 130 valence electrons. The van der Waals surface area contributed by atoms with Gasteiger partial charge in [0.1, 0.15) is 5.54 Å². The van der Waals surface area contributed by atoms with Crippen molar-refractivity contribution in [3.63, 3.8) is 0 Å². The molecule has 2 aromatic carbocycles. The number of rotatable bonds is 4. The number of hydrogen-bond acceptors (Lipinski definition) is 3. The number of urea groups is 1. The highest BCUT2D eigenvalue weighted by molar-refractivity contribution is 6.07. The van der Waals surface area contributed by atoms with Crippen LogP contribution in [-0.2, 0) is 16.9 Å². The van der Waals surface area contributed by atoms with E-state index in [-0.39, 0.29) is 18.2 Å². The van der Waals surface area contributed by atoms with Crippen LogP contribution in [0.2, 0.25) is 0 Å². The van der Waals surface area contributed by atoms with Gasteiger partial charge >= 0.3 is 6.03 Å². The average molecular weight is 342 g/mol. The van der Waals surface area contributed by atoms with Crippen molar-refractivity contribution in [3.8, 4) is 5.75 Å². The normalized spacial score (nSPS) is 19.9. The maximum absolute atomic E-state index is 13.8. The van der Waals surface area contributed by atoms with E-state index in [0.717, 1.165) is 10.5 Å². The zero-order valence-electron chi connectivity index (χ0n) is 14.3. The lowest BCUT2D eigenvalue weighted by molar-refractivity contribution is -0.131. The number of carbonyl (C=O) groups excluding carboxylic acids is 2. The van der Waals surface area contributed by atoms with E-state index < -0.39 is 17.4 Å². The topological polar surface area (TPSA) is 58.6 Å². The Bertz CT molecular complexity index is 835. The van der Waals surface area contributed by atoms with Crippen molar-refractivity contribution in [1.82, 2.24) is 10.2 Å². The van der Waals surface area contributed by atoms with Gasteiger partial charge in [0.2, 0.25) is 0 Å². The van der Waals surface area contributed by atoms with Crippen molar-refractivity contribution in [2.45, 2.75) is 25.9 Å². The van der Waals surface area contributed by atoms with Crippen LogP contribution in [0.1, 0.15) is 23.6 Å². The van der Waals surface area contributed by atoms with Gasteiger partial charge in [0.05, 0.1) is 13.7 Å². The molecule has 1 fully saturated rings. The van der Waals surface area contributed by atoms with Crippen molar-refractivity contribution in [3.05, 3.63) is 65.0 Å². The molecule has 0 aliphatic carbocycles. The summed E-state index contributed by atoms with van der Waals surface area (Å²) in [4.78, 5) is 26.3. The lowest BCUT2D eigenvalue weighted by Gasteiger charge is -2.22. The van der Waals surface area contributed by atoms with E-state index in [2.05, 4.69) is 5.32 Å². The van der Waals surface area contributed by atoms with Gasteiger partial charge in [-0.05, 0) is 37.1 Å². The highest BCUT2D eigenvalue weighted by Gasteiger charge is 2.48. The summed E-state index contributed by atoms with van der Waals surface area (Å²) in [6.45, 7) is 3.62. The predicted molar refractivity (Wildman–Crippen MR) is 90.6 cm³/mol. The minimum Gasteiger partial charge on any atom is -0.494 e. The third kappa shape index (κ3) is 2.95. The summed E-state index contributed by atoms with van der Waals surface area (Å²) in [6, 6.07) is 11.3. The molecule has 0 spiro atoms. The number of aryl methyl sites for hydroxylation is 1. The Balaban J connectivity index is 1.86. The maximum Gasteiger partial charge on any atom is 0.325 e. The molecule has 1 heterocycles. The number of nitrogens with zero attached hydrogens (tertiary/aromatic N) is 1. The van der Waals surface area contributed by atoms with Gasteiger partial charge in [0.25, 0.3) is 5.91 Å². The fourth-order valence-corrected chi connectivity index (χ4v) is 2.91. The van der Waals surface area contributed by atoms with E-state index in [4.69, 9.17) is 4.74 Å². The van der Waals surface area contributed by atoms with E-state index >= 15 is 0 Å². The summed E-state index contributed by atoms with van der Waals surface area (Å²) in [5, 5.41) is 2.74. The van der Waals surface area contributed by atoms with Gasteiger partial charge in [-0.3, -0.25) is 9.69 Å². The molecule has 1 aliphatic heterocycles. The van der Waals surface area contributed by atoms with Gasteiger partial charge in [-0.2, -0.15) is 0 Å². The maximum atomic E-state index is 13.8. The van der Waals surface area contributed by atoms with Crippen LogP contribution in [0.5, 0.6) is 5.75 Å². The number of methoxy groups -OCH3 is 1. The lowest BCUT2D eigenvalue weighted by Crippen LogP contribution is -2.40. The Morgan fingerprint density at radius 1 is 1.16 bits per heavy atom. The van der Waals surface area contributed by atoms with Gasteiger partial charge in [-0.1, -0.05) is 35.9 Å². The molecule has 0 radical (unpaired) electrons. The van der Waals surface area contributed by atoms with Crippen molar-refractivity contribution in [2.75, 3.05) is 7.11 Å². The van der Waals surface area contributed by atoms with Crippen LogP contribution in [0, 0.1) is 12.7 Å². The van der Waals surface area contributed by atoms with Crippen LogP contribution in [0.15, 0.2) is 42.5 Å². The molecule has 6 heteroatoms. The molecule has 0 aromatic heterocycles. The SMILES string of the molecule is COc1ccc(CN2C(=O)N[C@@](C)(c3ccc(C)cc3)C2=O)cc1F. The van der Waals surface area contributed by atoms with Crippen molar-refractivity contribution < 1.29 is 18.7 Å². The second kappa shape index (κ2) is 6.20. The molecule has 1 atom stereocenters. The first-order valence-corrected chi connectivity index (χ1v) is 7.89. The Hall–Kier alpha value is -2.89. The summed E-state index contributed by atoms with van der Waals surface area (Å²) >= 11 is 0. The summed E-state index contributed by atoms with van der Waals surface area (Å²) in [6.07, 6.45) is 0. The molecule has 3 rings (SSSR count). The number of hydrogen-bond donors (Lipinski definition) is 1. The predicted octanol–water partition coefficient (Wildman–Crippen LogP) is 3.11. The number of imide groups is 1. The molecule has 3 amide bonds. The molecule has 1 aliphatic rings. The highest BCUT2D eigenvalue weighted by atomic mass is 19.1.